The third-order valence-corrected chi connectivity index (χ3v) is 3.96. The van der Waals surface area contributed by atoms with E-state index in [-0.39, 0.29) is 17.0 Å². The van der Waals surface area contributed by atoms with Gasteiger partial charge in [-0.25, -0.2) is 4.98 Å². The molecule has 4 nitrogen and oxygen atoms in total. The zero-order chi connectivity index (χ0) is 15.0. The Kier molecular flexibility index (Phi) is 5.36. The third kappa shape index (κ3) is 3.09. The lowest BCUT2D eigenvalue weighted by Gasteiger charge is -2.10. The number of nitrogens with zero attached hydrogens (tertiary/aromatic N) is 2. The fourth-order valence-corrected chi connectivity index (χ4v) is 2.71. The van der Waals surface area contributed by atoms with Crippen molar-refractivity contribution in [2.24, 2.45) is 0 Å². The van der Waals surface area contributed by atoms with Gasteiger partial charge >= 0.3 is 0 Å². The standard InChI is InChI=1S/C15H12BrClN2O2.BrH/c1-20-13-7-14(21-2)11(17)6-10(13)12-8-19-4-3-9(16)5-15(19)18-12;/h3-8H,1-2H3;1H. The lowest BCUT2D eigenvalue weighted by Crippen LogP contribution is -1.91. The molecular weight excluding hydrogens is 435 g/mol. The van der Waals surface area contributed by atoms with Crippen molar-refractivity contribution >= 4 is 50.2 Å². The Morgan fingerprint density at radius 1 is 1.14 bits per heavy atom. The lowest BCUT2D eigenvalue weighted by atomic mass is 10.1. The van der Waals surface area contributed by atoms with Crippen LogP contribution >= 0.6 is 44.5 Å². The first-order valence-electron chi connectivity index (χ1n) is 6.18. The maximum Gasteiger partial charge on any atom is 0.141 e. The maximum absolute atomic E-state index is 6.21. The summed E-state index contributed by atoms with van der Waals surface area (Å²) in [6.07, 6.45) is 3.87. The molecule has 2 aromatic heterocycles. The molecule has 7 heteroatoms. The number of ether oxygens (including phenoxy) is 2. The highest BCUT2D eigenvalue weighted by Crippen LogP contribution is 2.38. The Bertz CT molecular complexity index is 821. The molecule has 0 unspecified atom stereocenters. The minimum Gasteiger partial charge on any atom is -0.496 e. The number of halogens is 3. The van der Waals surface area contributed by atoms with Gasteiger partial charge in [-0.2, -0.15) is 0 Å². The van der Waals surface area contributed by atoms with Crippen LogP contribution in [0.2, 0.25) is 5.02 Å². The van der Waals surface area contributed by atoms with Crippen LogP contribution in [-0.4, -0.2) is 23.6 Å². The second kappa shape index (κ2) is 6.89. The molecule has 0 radical (unpaired) electrons. The van der Waals surface area contributed by atoms with Gasteiger partial charge in [0.15, 0.2) is 0 Å². The molecule has 0 aliphatic rings. The molecule has 0 saturated heterocycles. The van der Waals surface area contributed by atoms with Crippen LogP contribution in [0.4, 0.5) is 0 Å². The number of imidazole rings is 1. The van der Waals surface area contributed by atoms with Crippen LogP contribution < -0.4 is 9.47 Å². The van der Waals surface area contributed by atoms with Gasteiger partial charge in [-0.3, -0.25) is 0 Å². The average molecular weight is 449 g/mol. The normalized spacial score (nSPS) is 10.4. The Labute approximate surface area is 151 Å². The van der Waals surface area contributed by atoms with Gasteiger partial charge in [0.05, 0.1) is 24.9 Å². The summed E-state index contributed by atoms with van der Waals surface area (Å²) in [6, 6.07) is 7.46. The Morgan fingerprint density at radius 3 is 2.55 bits per heavy atom. The quantitative estimate of drug-likeness (QED) is 0.565. The minimum atomic E-state index is 0. The van der Waals surface area contributed by atoms with Gasteiger partial charge < -0.3 is 13.9 Å². The molecule has 0 atom stereocenters. The van der Waals surface area contributed by atoms with Crippen LogP contribution in [0.1, 0.15) is 0 Å². The zero-order valence-electron chi connectivity index (χ0n) is 11.8. The van der Waals surface area contributed by atoms with E-state index < -0.39 is 0 Å². The van der Waals surface area contributed by atoms with Gasteiger partial charge in [0.25, 0.3) is 0 Å². The van der Waals surface area contributed by atoms with Crippen LogP contribution in [0.5, 0.6) is 11.5 Å². The molecule has 0 amide bonds. The van der Waals surface area contributed by atoms with E-state index in [2.05, 4.69) is 20.9 Å². The number of fused-ring (bicyclic) bond motifs is 1. The van der Waals surface area contributed by atoms with Crippen molar-refractivity contribution in [3.05, 3.63) is 46.2 Å². The summed E-state index contributed by atoms with van der Waals surface area (Å²) < 4.78 is 13.5. The van der Waals surface area contributed by atoms with E-state index in [9.17, 15) is 0 Å². The number of benzene rings is 1. The minimum absolute atomic E-state index is 0. The van der Waals surface area contributed by atoms with Crippen LogP contribution in [0, 0.1) is 0 Å². The Hall–Kier alpha value is -1.24. The van der Waals surface area contributed by atoms with Crippen LogP contribution in [-0.2, 0) is 0 Å². The van der Waals surface area contributed by atoms with Crippen LogP contribution in [0.3, 0.4) is 0 Å². The Balaban J connectivity index is 0.00000176. The maximum atomic E-state index is 6.21. The first-order chi connectivity index (χ1) is 10.1. The van der Waals surface area contributed by atoms with Gasteiger partial charge in [-0.05, 0) is 18.2 Å². The number of rotatable bonds is 3. The van der Waals surface area contributed by atoms with Crippen molar-refractivity contribution in [2.75, 3.05) is 14.2 Å². The van der Waals surface area contributed by atoms with Crippen molar-refractivity contribution in [2.45, 2.75) is 0 Å². The summed E-state index contributed by atoms with van der Waals surface area (Å²) >= 11 is 9.65. The van der Waals surface area contributed by atoms with Gasteiger partial charge in [0, 0.05) is 28.5 Å². The summed E-state index contributed by atoms with van der Waals surface area (Å²) in [7, 11) is 3.18. The molecular formula is C15H13Br2ClN2O2. The number of hydrogen-bond donors (Lipinski definition) is 0. The van der Waals surface area contributed by atoms with Crippen molar-refractivity contribution in [1.29, 1.82) is 0 Å². The number of methoxy groups -OCH3 is 2. The first-order valence-corrected chi connectivity index (χ1v) is 7.35. The molecule has 116 valence electrons. The van der Waals surface area contributed by atoms with E-state index in [1.165, 1.54) is 0 Å². The van der Waals surface area contributed by atoms with E-state index in [1.807, 2.05) is 28.9 Å². The fraction of sp³-hybridized carbons (Fsp3) is 0.133. The van der Waals surface area contributed by atoms with E-state index in [1.54, 1.807) is 26.4 Å². The summed E-state index contributed by atoms with van der Waals surface area (Å²) in [6.45, 7) is 0. The average Bonchev–Trinajstić information content (AvgIpc) is 2.89. The zero-order valence-corrected chi connectivity index (χ0v) is 15.9. The summed E-state index contributed by atoms with van der Waals surface area (Å²) in [5.41, 5.74) is 2.45. The summed E-state index contributed by atoms with van der Waals surface area (Å²) in [5, 5.41) is 0.520. The number of pyridine rings is 1. The highest BCUT2D eigenvalue weighted by Gasteiger charge is 2.14. The molecule has 3 rings (SSSR count). The molecule has 0 spiro atoms. The Morgan fingerprint density at radius 2 is 1.86 bits per heavy atom. The third-order valence-electron chi connectivity index (χ3n) is 3.17. The molecule has 22 heavy (non-hydrogen) atoms. The molecule has 2 heterocycles. The smallest absolute Gasteiger partial charge is 0.141 e. The molecule has 0 bridgehead atoms. The van der Waals surface area contributed by atoms with Crippen LogP contribution in [0.25, 0.3) is 16.9 Å². The van der Waals surface area contributed by atoms with E-state index >= 15 is 0 Å². The molecule has 0 aliphatic heterocycles. The summed E-state index contributed by atoms with van der Waals surface area (Å²) in [5.74, 6) is 1.24. The van der Waals surface area contributed by atoms with Crippen molar-refractivity contribution in [3.63, 3.8) is 0 Å². The van der Waals surface area contributed by atoms with E-state index in [4.69, 9.17) is 21.1 Å². The van der Waals surface area contributed by atoms with Gasteiger partial charge in [0.1, 0.15) is 17.1 Å². The SMILES string of the molecule is Br.COc1cc(OC)c(-c2cn3ccc(Br)cc3n2)cc1Cl. The predicted octanol–water partition coefficient (Wildman–Crippen LogP) is 5.01. The largest absolute Gasteiger partial charge is 0.496 e. The molecule has 0 fully saturated rings. The monoisotopic (exact) mass is 446 g/mol. The van der Waals surface area contributed by atoms with Crippen molar-refractivity contribution < 1.29 is 9.47 Å². The first kappa shape index (κ1) is 17.1. The van der Waals surface area contributed by atoms with Gasteiger partial charge in [-0.15, -0.1) is 17.0 Å². The van der Waals surface area contributed by atoms with Gasteiger partial charge in [-0.1, -0.05) is 27.5 Å². The van der Waals surface area contributed by atoms with Crippen LogP contribution in [0.15, 0.2) is 41.1 Å². The van der Waals surface area contributed by atoms with Crippen molar-refractivity contribution in [3.8, 4) is 22.8 Å². The second-order valence-electron chi connectivity index (χ2n) is 4.42. The molecule has 0 aliphatic carbocycles. The van der Waals surface area contributed by atoms with E-state index in [0.29, 0.717) is 16.5 Å². The van der Waals surface area contributed by atoms with Crippen molar-refractivity contribution in [1.82, 2.24) is 9.38 Å². The highest BCUT2D eigenvalue weighted by molar-refractivity contribution is 9.10. The van der Waals surface area contributed by atoms with E-state index in [0.717, 1.165) is 21.4 Å². The topological polar surface area (TPSA) is 35.8 Å². The number of hydrogen-bond acceptors (Lipinski definition) is 3. The summed E-state index contributed by atoms with van der Waals surface area (Å²) in [4.78, 5) is 4.60. The molecule has 0 saturated carbocycles. The molecule has 1 aromatic carbocycles. The van der Waals surface area contributed by atoms with Gasteiger partial charge in [0.2, 0.25) is 0 Å². The number of aromatic nitrogens is 2. The lowest BCUT2D eigenvalue weighted by molar-refractivity contribution is 0.395. The molecule has 0 N–H and O–H groups in total. The second-order valence-corrected chi connectivity index (χ2v) is 5.75. The fourth-order valence-electron chi connectivity index (χ4n) is 2.15. The molecule has 3 aromatic rings. The highest BCUT2D eigenvalue weighted by atomic mass is 79.9. The predicted molar refractivity (Wildman–Crippen MR) is 96.8 cm³/mol.